The fraction of sp³-hybridized carbons (Fsp3) is 0.231. The van der Waals surface area contributed by atoms with Crippen LogP contribution < -0.4 is 5.32 Å². The van der Waals surface area contributed by atoms with Crippen LogP contribution >= 0.6 is 0 Å². The summed E-state index contributed by atoms with van der Waals surface area (Å²) in [6, 6.07) is 1.77. The van der Waals surface area contributed by atoms with E-state index >= 15 is 0 Å². The summed E-state index contributed by atoms with van der Waals surface area (Å²) in [5.74, 6) is -0.119. The van der Waals surface area contributed by atoms with Crippen LogP contribution in [0.5, 0.6) is 0 Å². The summed E-state index contributed by atoms with van der Waals surface area (Å²) in [7, 11) is 0. The first-order valence-corrected chi connectivity index (χ1v) is 6.36. The molecular weight excluding hydrogens is 256 g/mol. The van der Waals surface area contributed by atoms with Gasteiger partial charge in [-0.3, -0.25) is 9.89 Å². The van der Waals surface area contributed by atoms with E-state index in [0.29, 0.717) is 17.8 Å². The Bertz CT molecular complexity index is 703. The molecule has 102 valence electrons. The number of nitrogens with zero attached hydrogens (tertiary/aromatic N) is 4. The third-order valence-corrected chi connectivity index (χ3v) is 2.99. The van der Waals surface area contributed by atoms with E-state index < -0.39 is 0 Å². The Morgan fingerprint density at radius 1 is 1.40 bits per heavy atom. The van der Waals surface area contributed by atoms with Gasteiger partial charge in [0, 0.05) is 37.1 Å². The minimum atomic E-state index is -0.119. The number of hydrogen-bond donors (Lipinski definition) is 2. The minimum Gasteiger partial charge on any atom is -0.352 e. The molecule has 0 aliphatic carbocycles. The zero-order valence-electron chi connectivity index (χ0n) is 10.8. The van der Waals surface area contributed by atoms with Crippen molar-refractivity contribution in [1.29, 1.82) is 0 Å². The number of H-pyrrole nitrogens is 1. The summed E-state index contributed by atoms with van der Waals surface area (Å²) in [6.07, 6.45) is 9.45. The van der Waals surface area contributed by atoms with Crippen LogP contribution in [-0.2, 0) is 6.54 Å². The lowest BCUT2D eigenvalue weighted by Gasteiger charge is -2.05. The van der Waals surface area contributed by atoms with Gasteiger partial charge in [0.05, 0.1) is 18.1 Å². The lowest BCUT2D eigenvalue weighted by Crippen LogP contribution is -2.25. The van der Waals surface area contributed by atoms with Crippen molar-refractivity contribution in [2.75, 3.05) is 6.54 Å². The number of imidazole rings is 1. The molecule has 7 heteroatoms. The van der Waals surface area contributed by atoms with Gasteiger partial charge >= 0.3 is 0 Å². The number of fused-ring (bicyclic) bond motifs is 1. The molecule has 3 rings (SSSR count). The van der Waals surface area contributed by atoms with Crippen LogP contribution in [0.4, 0.5) is 0 Å². The van der Waals surface area contributed by atoms with Crippen molar-refractivity contribution in [3.63, 3.8) is 0 Å². The molecule has 0 saturated heterocycles. The SMILES string of the molecule is O=C(NCCCn1ccnc1)c1cnc2[nH]ncc2c1. The van der Waals surface area contributed by atoms with Crippen LogP contribution in [0.2, 0.25) is 0 Å². The molecule has 0 saturated carbocycles. The zero-order valence-corrected chi connectivity index (χ0v) is 10.8. The van der Waals surface area contributed by atoms with Crippen LogP contribution in [-0.4, -0.2) is 37.2 Å². The van der Waals surface area contributed by atoms with Crippen LogP contribution in [0, 0.1) is 0 Å². The number of aromatic nitrogens is 5. The number of rotatable bonds is 5. The van der Waals surface area contributed by atoms with E-state index in [-0.39, 0.29) is 5.91 Å². The van der Waals surface area contributed by atoms with E-state index in [1.165, 1.54) is 0 Å². The van der Waals surface area contributed by atoms with Crippen molar-refractivity contribution in [3.05, 3.63) is 42.7 Å². The highest BCUT2D eigenvalue weighted by atomic mass is 16.1. The molecule has 0 spiro atoms. The molecule has 3 aromatic rings. The van der Waals surface area contributed by atoms with E-state index in [1.54, 1.807) is 31.0 Å². The maximum Gasteiger partial charge on any atom is 0.252 e. The number of hydrogen-bond acceptors (Lipinski definition) is 4. The molecule has 7 nitrogen and oxygen atoms in total. The van der Waals surface area contributed by atoms with Crippen LogP contribution in [0.3, 0.4) is 0 Å². The predicted octanol–water partition coefficient (Wildman–Crippen LogP) is 0.974. The van der Waals surface area contributed by atoms with Gasteiger partial charge < -0.3 is 9.88 Å². The van der Waals surface area contributed by atoms with Crippen molar-refractivity contribution >= 4 is 16.9 Å². The molecule has 3 aromatic heterocycles. The molecular formula is C13H14N6O. The standard InChI is InChI=1S/C13H14N6O/c20-13(15-2-1-4-19-5-3-14-9-19)11-6-10-8-17-18-12(10)16-7-11/h3,5-9H,1-2,4H2,(H,15,20)(H,16,17,18). The third kappa shape index (κ3) is 2.66. The van der Waals surface area contributed by atoms with Crippen molar-refractivity contribution in [2.24, 2.45) is 0 Å². The van der Waals surface area contributed by atoms with Gasteiger partial charge in [-0.25, -0.2) is 9.97 Å². The normalized spacial score (nSPS) is 10.8. The summed E-state index contributed by atoms with van der Waals surface area (Å²) in [6.45, 7) is 1.44. The van der Waals surface area contributed by atoms with Gasteiger partial charge in [0.25, 0.3) is 5.91 Å². The lowest BCUT2D eigenvalue weighted by atomic mass is 10.2. The second kappa shape index (κ2) is 5.52. The largest absolute Gasteiger partial charge is 0.352 e. The van der Waals surface area contributed by atoms with E-state index in [9.17, 15) is 4.79 Å². The van der Waals surface area contributed by atoms with Crippen LogP contribution in [0.15, 0.2) is 37.2 Å². The highest BCUT2D eigenvalue weighted by Gasteiger charge is 2.07. The van der Waals surface area contributed by atoms with Gasteiger partial charge in [-0.2, -0.15) is 5.10 Å². The third-order valence-electron chi connectivity index (χ3n) is 2.99. The Morgan fingerprint density at radius 2 is 2.35 bits per heavy atom. The molecule has 0 radical (unpaired) electrons. The summed E-state index contributed by atoms with van der Waals surface area (Å²) >= 11 is 0. The fourth-order valence-corrected chi connectivity index (χ4v) is 1.95. The van der Waals surface area contributed by atoms with Crippen molar-refractivity contribution in [1.82, 2.24) is 30.0 Å². The van der Waals surface area contributed by atoms with Crippen molar-refractivity contribution in [3.8, 4) is 0 Å². The Kier molecular flexibility index (Phi) is 3.40. The molecule has 1 amide bonds. The summed E-state index contributed by atoms with van der Waals surface area (Å²) in [4.78, 5) is 20.1. The van der Waals surface area contributed by atoms with Gasteiger partial charge in [-0.1, -0.05) is 0 Å². The van der Waals surface area contributed by atoms with Gasteiger partial charge in [0.1, 0.15) is 0 Å². The zero-order chi connectivity index (χ0) is 13.8. The quantitative estimate of drug-likeness (QED) is 0.676. The number of pyridine rings is 1. The van der Waals surface area contributed by atoms with E-state index in [0.717, 1.165) is 18.4 Å². The smallest absolute Gasteiger partial charge is 0.252 e. The molecule has 0 fully saturated rings. The molecule has 0 aliphatic rings. The molecule has 0 unspecified atom stereocenters. The highest BCUT2D eigenvalue weighted by molar-refractivity contribution is 5.96. The minimum absolute atomic E-state index is 0.119. The topological polar surface area (TPSA) is 88.5 Å². The van der Waals surface area contributed by atoms with Gasteiger partial charge in [0.15, 0.2) is 5.65 Å². The summed E-state index contributed by atoms with van der Waals surface area (Å²) in [5.41, 5.74) is 1.23. The monoisotopic (exact) mass is 270 g/mol. The first-order valence-electron chi connectivity index (χ1n) is 6.36. The molecule has 3 heterocycles. The highest BCUT2D eigenvalue weighted by Crippen LogP contribution is 2.09. The van der Waals surface area contributed by atoms with Crippen LogP contribution in [0.1, 0.15) is 16.8 Å². The number of aryl methyl sites for hydroxylation is 1. The number of amides is 1. The Labute approximate surface area is 115 Å². The number of carbonyl (C=O) groups is 1. The predicted molar refractivity (Wildman–Crippen MR) is 73.1 cm³/mol. The Balaban J connectivity index is 1.53. The molecule has 0 bridgehead atoms. The van der Waals surface area contributed by atoms with E-state index in [1.807, 2.05) is 10.8 Å². The van der Waals surface area contributed by atoms with Gasteiger partial charge in [0.2, 0.25) is 0 Å². The average molecular weight is 270 g/mol. The second-order valence-corrected chi connectivity index (χ2v) is 4.44. The van der Waals surface area contributed by atoms with Crippen molar-refractivity contribution in [2.45, 2.75) is 13.0 Å². The Morgan fingerprint density at radius 3 is 3.20 bits per heavy atom. The van der Waals surface area contributed by atoms with Gasteiger partial charge in [-0.15, -0.1) is 0 Å². The van der Waals surface area contributed by atoms with E-state index in [2.05, 4.69) is 25.5 Å². The first-order chi connectivity index (χ1) is 9.83. The maximum atomic E-state index is 12.0. The van der Waals surface area contributed by atoms with Crippen LogP contribution in [0.25, 0.3) is 11.0 Å². The molecule has 0 aromatic carbocycles. The van der Waals surface area contributed by atoms with Crippen molar-refractivity contribution < 1.29 is 4.79 Å². The number of nitrogens with one attached hydrogen (secondary N) is 2. The average Bonchev–Trinajstić information content (AvgIpc) is 3.13. The maximum absolute atomic E-state index is 12.0. The van der Waals surface area contributed by atoms with E-state index in [4.69, 9.17) is 0 Å². The Hall–Kier alpha value is -2.70. The number of aromatic amines is 1. The number of carbonyl (C=O) groups excluding carboxylic acids is 1. The second-order valence-electron chi connectivity index (χ2n) is 4.44. The fourth-order valence-electron chi connectivity index (χ4n) is 1.95. The molecule has 2 N–H and O–H groups in total. The molecule has 0 aliphatic heterocycles. The summed E-state index contributed by atoms with van der Waals surface area (Å²) in [5, 5.41) is 10.3. The molecule has 20 heavy (non-hydrogen) atoms. The summed E-state index contributed by atoms with van der Waals surface area (Å²) < 4.78 is 1.98. The molecule has 0 atom stereocenters. The van der Waals surface area contributed by atoms with Gasteiger partial charge in [-0.05, 0) is 12.5 Å². The lowest BCUT2D eigenvalue weighted by molar-refractivity contribution is 0.0952. The first kappa shape index (κ1) is 12.3.